The van der Waals surface area contributed by atoms with Gasteiger partial charge in [0.05, 0.1) is 0 Å². The predicted octanol–water partition coefficient (Wildman–Crippen LogP) is 8.68. The van der Waals surface area contributed by atoms with Crippen LogP contribution in [0.15, 0.2) is 103 Å². The molecule has 6 rings (SSSR count). The Balaban J connectivity index is 1.82. The largest absolute Gasteiger partial charge is 0.0801 e. The van der Waals surface area contributed by atoms with Gasteiger partial charge in [-0.1, -0.05) is 139 Å². The van der Waals surface area contributed by atoms with E-state index in [1.807, 2.05) is 0 Å². The minimum Gasteiger partial charge on any atom is -0.0801 e. The third-order valence-electron chi connectivity index (χ3n) is 8.11. The standard InChI is InChI=1S/C39H38/c1-38(2,3)30-21-22-31-29(23-30)24-33-32(31)25-34(37(39(4,5)6)36(33)28-19-13-14-20-28)35(26-15-9-7-10-16-26)27-17-11-8-12-18-27/h7-19,21-25H,20H2,1-6H3. The van der Waals surface area contributed by atoms with Crippen molar-refractivity contribution in [1.29, 1.82) is 0 Å². The molecule has 0 atom stereocenters. The zero-order valence-electron chi connectivity index (χ0n) is 24.1. The van der Waals surface area contributed by atoms with Gasteiger partial charge in [0.25, 0.3) is 0 Å². The molecule has 2 aliphatic rings. The quantitative estimate of drug-likeness (QED) is 0.230. The molecule has 0 heterocycles. The monoisotopic (exact) mass is 506 g/mol. The molecule has 0 spiro atoms. The van der Waals surface area contributed by atoms with Gasteiger partial charge in [0.15, 0.2) is 0 Å². The Kier molecular flexibility index (Phi) is 6.11. The fraction of sp³-hybridized carbons (Fsp3) is 0.231. The van der Waals surface area contributed by atoms with Gasteiger partial charge in [0.1, 0.15) is 0 Å². The molecule has 39 heavy (non-hydrogen) atoms. The van der Waals surface area contributed by atoms with Crippen molar-refractivity contribution >= 4 is 17.2 Å². The maximum atomic E-state index is 2.50. The molecule has 0 amide bonds. The average molecular weight is 507 g/mol. The second-order valence-electron chi connectivity index (χ2n) is 13.0. The van der Waals surface area contributed by atoms with Crippen LogP contribution in [0.1, 0.15) is 81.3 Å². The maximum absolute atomic E-state index is 2.50. The Labute approximate surface area is 233 Å². The van der Waals surface area contributed by atoms with Gasteiger partial charge in [-0.25, -0.2) is 0 Å². The summed E-state index contributed by atoms with van der Waals surface area (Å²) in [4.78, 5) is 0. The summed E-state index contributed by atoms with van der Waals surface area (Å²) in [5.41, 5.74) is 13.5. The van der Waals surface area contributed by atoms with Crippen LogP contribution in [0, 0.1) is 0 Å². The van der Waals surface area contributed by atoms with Crippen molar-refractivity contribution in [3.8, 4) is 11.1 Å². The molecular weight excluding hydrogens is 468 g/mol. The summed E-state index contributed by atoms with van der Waals surface area (Å²) in [5, 5.41) is 2.71. The van der Waals surface area contributed by atoms with Crippen LogP contribution in [0.25, 0.3) is 28.3 Å². The van der Waals surface area contributed by atoms with Crippen molar-refractivity contribution in [2.45, 2.75) is 58.8 Å². The van der Waals surface area contributed by atoms with Crippen molar-refractivity contribution in [1.82, 2.24) is 0 Å². The second kappa shape index (κ2) is 9.38. The second-order valence-corrected chi connectivity index (χ2v) is 13.0. The first-order valence-corrected chi connectivity index (χ1v) is 14.2. The summed E-state index contributed by atoms with van der Waals surface area (Å²) in [6, 6.07) is 31.5. The van der Waals surface area contributed by atoms with Crippen LogP contribution in [0.5, 0.6) is 0 Å². The first-order valence-electron chi connectivity index (χ1n) is 14.2. The molecule has 0 aliphatic heterocycles. The number of benzene rings is 4. The predicted molar refractivity (Wildman–Crippen MR) is 168 cm³/mol. The zero-order valence-corrected chi connectivity index (χ0v) is 24.1. The Morgan fingerprint density at radius 2 is 1.31 bits per heavy atom. The first kappa shape index (κ1) is 25.4. The van der Waals surface area contributed by atoms with Crippen LogP contribution >= 0.6 is 0 Å². The fourth-order valence-corrected chi connectivity index (χ4v) is 6.25. The average Bonchev–Trinajstić information content (AvgIpc) is 3.56. The molecule has 0 saturated carbocycles. The lowest BCUT2D eigenvalue weighted by atomic mass is 9.76. The van der Waals surface area contributed by atoms with E-state index in [-0.39, 0.29) is 10.8 Å². The molecule has 4 aromatic carbocycles. The third-order valence-corrected chi connectivity index (χ3v) is 8.11. The summed E-state index contributed by atoms with van der Waals surface area (Å²) in [5.74, 6) is 0. The van der Waals surface area contributed by atoms with Crippen LogP contribution in [-0.2, 0) is 10.8 Å². The lowest BCUT2D eigenvalue weighted by molar-refractivity contribution is 0.583. The lowest BCUT2D eigenvalue weighted by Gasteiger charge is -2.27. The molecule has 0 heteroatoms. The van der Waals surface area contributed by atoms with Crippen molar-refractivity contribution in [3.63, 3.8) is 0 Å². The SMILES string of the molecule is CC(C)(C)c1ccc2c(c1)C=c1c-2cc(=C(c2ccccc2)c2ccccc2)c(C(C)(C)C)c1C1=CC=CC1. The Morgan fingerprint density at radius 3 is 1.85 bits per heavy atom. The highest BCUT2D eigenvalue weighted by Gasteiger charge is 2.29. The van der Waals surface area contributed by atoms with Crippen LogP contribution in [0.3, 0.4) is 0 Å². The molecule has 0 radical (unpaired) electrons. The van der Waals surface area contributed by atoms with Gasteiger partial charge in [-0.2, -0.15) is 0 Å². The van der Waals surface area contributed by atoms with E-state index in [4.69, 9.17) is 0 Å². The van der Waals surface area contributed by atoms with Gasteiger partial charge in [0.2, 0.25) is 0 Å². The zero-order chi connectivity index (χ0) is 27.4. The number of rotatable bonds is 3. The van der Waals surface area contributed by atoms with Gasteiger partial charge in [0, 0.05) is 0 Å². The maximum Gasteiger partial charge on any atom is -0.00354 e. The van der Waals surface area contributed by atoms with Crippen LogP contribution < -0.4 is 10.4 Å². The fourth-order valence-electron chi connectivity index (χ4n) is 6.25. The van der Waals surface area contributed by atoms with E-state index >= 15 is 0 Å². The number of hydrogen-bond donors (Lipinski definition) is 0. The van der Waals surface area contributed by atoms with E-state index in [2.05, 4.69) is 151 Å². The number of fused-ring (bicyclic) bond motifs is 3. The highest BCUT2D eigenvalue weighted by atomic mass is 14.3. The topological polar surface area (TPSA) is 0 Å². The first-order chi connectivity index (χ1) is 18.6. The van der Waals surface area contributed by atoms with Crippen LogP contribution in [-0.4, -0.2) is 0 Å². The summed E-state index contributed by atoms with van der Waals surface area (Å²) in [6.07, 6.45) is 10.3. The molecule has 0 saturated heterocycles. The van der Waals surface area contributed by atoms with E-state index in [0.717, 1.165) is 6.42 Å². The van der Waals surface area contributed by atoms with E-state index in [9.17, 15) is 0 Å². The molecule has 0 bridgehead atoms. The van der Waals surface area contributed by atoms with E-state index in [1.165, 1.54) is 66.1 Å². The normalized spacial score (nSPS) is 14.1. The third kappa shape index (κ3) is 4.53. The Bertz CT molecular complexity index is 1710. The lowest BCUT2D eigenvalue weighted by Crippen LogP contribution is -2.32. The summed E-state index contributed by atoms with van der Waals surface area (Å²) < 4.78 is 0. The van der Waals surface area contributed by atoms with E-state index < -0.39 is 0 Å². The summed E-state index contributed by atoms with van der Waals surface area (Å²) in [7, 11) is 0. The van der Waals surface area contributed by atoms with Crippen molar-refractivity contribution < 1.29 is 0 Å². The van der Waals surface area contributed by atoms with Crippen LogP contribution in [0.2, 0.25) is 0 Å². The van der Waals surface area contributed by atoms with E-state index in [1.54, 1.807) is 0 Å². The molecule has 2 aliphatic carbocycles. The minimum absolute atomic E-state index is 0.0584. The molecule has 4 aromatic rings. The molecule has 194 valence electrons. The minimum atomic E-state index is -0.0584. The van der Waals surface area contributed by atoms with Crippen molar-refractivity contribution in [2.24, 2.45) is 0 Å². The van der Waals surface area contributed by atoms with Crippen molar-refractivity contribution in [3.05, 3.63) is 147 Å². The highest BCUT2D eigenvalue weighted by Crippen LogP contribution is 2.37. The van der Waals surface area contributed by atoms with Gasteiger partial charge < -0.3 is 0 Å². The van der Waals surface area contributed by atoms with Gasteiger partial charge >= 0.3 is 0 Å². The van der Waals surface area contributed by atoms with Gasteiger partial charge in [-0.15, -0.1) is 0 Å². The molecule has 0 unspecified atom stereocenters. The molecule has 0 N–H and O–H groups in total. The van der Waals surface area contributed by atoms with E-state index in [0.29, 0.717) is 0 Å². The Hall–Kier alpha value is -3.90. The molecule has 0 fully saturated rings. The summed E-state index contributed by atoms with van der Waals surface area (Å²) >= 11 is 0. The van der Waals surface area contributed by atoms with Crippen molar-refractivity contribution in [2.75, 3.05) is 0 Å². The molecule has 0 aromatic heterocycles. The van der Waals surface area contributed by atoms with Crippen LogP contribution in [0.4, 0.5) is 0 Å². The highest BCUT2D eigenvalue weighted by molar-refractivity contribution is 5.91. The van der Waals surface area contributed by atoms with Gasteiger partial charge in [-0.05, 0) is 95.5 Å². The summed E-state index contributed by atoms with van der Waals surface area (Å²) in [6.45, 7) is 14.0. The number of allylic oxidation sites excluding steroid dienone is 4. The smallest absolute Gasteiger partial charge is 0.00354 e. The Morgan fingerprint density at radius 1 is 0.667 bits per heavy atom. The van der Waals surface area contributed by atoms with Gasteiger partial charge in [-0.3, -0.25) is 0 Å². The molecule has 0 nitrogen and oxygen atoms in total. The molecular formula is C39H38. The number of hydrogen-bond acceptors (Lipinski definition) is 0.